The molecule has 0 spiro atoms. The number of rotatable bonds is 3. The van der Waals surface area contributed by atoms with E-state index in [9.17, 15) is 24.5 Å². The van der Waals surface area contributed by atoms with Crippen molar-refractivity contribution in [2.24, 2.45) is 0 Å². The van der Waals surface area contributed by atoms with Crippen molar-refractivity contribution in [3.63, 3.8) is 0 Å². The Labute approximate surface area is 147 Å². The number of non-ortho nitro benzene ring substituents is 1. The van der Waals surface area contributed by atoms with Gasteiger partial charge < -0.3 is 0 Å². The number of hydrogen-bond donors (Lipinski definition) is 1. The zero-order valence-electron chi connectivity index (χ0n) is 13.6. The molecule has 2 aromatic carbocycles. The van der Waals surface area contributed by atoms with Gasteiger partial charge in [-0.2, -0.15) is 0 Å². The van der Waals surface area contributed by atoms with Crippen molar-refractivity contribution in [2.45, 2.75) is 6.92 Å². The second-order valence-corrected chi connectivity index (χ2v) is 5.59. The fourth-order valence-electron chi connectivity index (χ4n) is 2.52. The molecule has 8 nitrogen and oxygen atoms in total. The summed E-state index contributed by atoms with van der Waals surface area (Å²) in [5.41, 5.74) is 1.28. The third kappa shape index (κ3) is 3.07. The normalized spacial score (nSPS) is 16.0. The average molecular weight is 351 g/mol. The number of benzene rings is 2. The van der Waals surface area contributed by atoms with E-state index in [-0.39, 0.29) is 16.9 Å². The number of nitrogens with one attached hydrogen (secondary N) is 1. The molecule has 1 N–H and O–H groups in total. The van der Waals surface area contributed by atoms with E-state index >= 15 is 0 Å². The van der Waals surface area contributed by atoms with E-state index in [1.807, 2.05) is 19.1 Å². The molecular formula is C18H13N3O5. The Kier molecular flexibility index (Phi) is 4.32. The van der Waals surface area contributed by atoms with Gasteiger partial charge in [0, 0.05) is 12.1 Å². The highest BCUT2D eigenvalue weighted by atomic mass is 16.6. The van der Waals surface area contributed by atoms with E-state index in [2.05, 4.69) is 5.32 Å². The van der Waals surface area contributed by atoms with Crippen LogP contribution in [0, 0.1) is 17.0 Å². The van der Waals surface area contributed by atoms with Gasteiger partial charge >= 0.3 is 6.03 Å². The summed E-state index contributed by atoms with van der Waals surface area (Å²) in [6.45, 7) is 1.83. The smallest absolute Gasteiger partial charge is 0.273 e. The highest BCUT2D eigenvalue weighted by Gasteiger charge is 2.37. The van der Waals surface area contributed by atoms with E-state index in [4.69, 9.17) is 0 Å². The predicted molar refractivity (Wildman–Crippen MR) is 93.3 cm³/mol. The van der Waals surface area contributed by atoms with Gasteiger partial charge in [-0.3, -0.25) is 25.0 Å². The Morgan fingerprint density at radius 1 is 1.04 bits per heavy atom. The molecule has 1 aliphatic rings. The quantitative estimate of drug-likeness (QED) is 0.395. The van der Waals surface area contributed by atoms with Gasteiger partial charge in [0.15, 0.2) is 0 Å². The molecule has 8 heteroatoms. The number of carbonyl (C=O) groups excluding carboxylic acids is 3. The maximum Gasteiger partial charge on any atom is 0.335 e. The SMILES string of the molecule is Cc1ccccc1C=C1C(=O)NC(=O)N(c2ccc([N+](=O)[O-])cc2)C1=O. The number of nitro groups is 1. The van der Waals surface area contributed by atoms with Gasteiger partial charge in [0.2, 0.25) is 0 Å². The number of carbonyl (C=O) groups is 3. The molecule has 0 atom stereocenters. The lowest BCUT2D eigenvalue weighted by Crippen LogP contribution is -2.54. The van der Waals surface area contributed by atoms with Crippen LogP contribution in [0.5, 0.6) is 0 Å². The fraction of sp³-hybridized carbons (Fsp3) is 0.0556. The Hall–Kier alpha value is -3.81. The lowest BCUT2D eigenvalue weighted by molar-refractivity contribution is -0.384. The number of urea groups is 1. The molecule has 1 saturated heterocycles. The largest absolute Gasteiger partial charge is 0.335 e. The Morgan fingerprint density at radius 3 is 2.31 bits per heavy atom. The molecule has 26 heavy (non-hydrogen) atoms. The molecule has 2 aromatic rings. The third-order valence-electron chi connectivity index (χ3n) is 3.91. The molecule has 130 valence electrons. The maximum absolute atomic E-state index is 12.7. The number of nitrogens with zero attached hydrogens (tertiary/aromatic N) is 2. The van der Waals surface area contributed by atoms with Gasteiger partial charge in [-0.25, -0.2) is 9.69 Å². The molecule has 0 saturated carbocycles. The molecular weight excluding hydrogens is 338 g/mol. The number of nitro benzene ring substituents is 1. The highest BCUT2D eigenvalue weighted by molar-refractivity contribution is 6.39. The second-order valence-electron chi connectivity index (χ2n) is 5.59. The number of aryl methyl sites for hydroxylation is 1. The van der Waals surface area contributed by atoms with Crippen LogP contribution in [0.1, 0.15) is 11.1 Å². The van der Waals surface area contributed by atoms with Crippen molar-refractivity contribution >= 4 is 35.3 Å². The Morgan fingerprint density at radius 2 is 1.69 bits per heavy atom. The van der Waals surface area contributed by atoms with Gasteiger partial charge in [0.05, 0.1) is 10.6 Å². The molecule has 3 rings (SSSR count). The van der Waals surface area contributed by atoms with Crippen molar-refractivity contribution in [3.05, 3.63) is 75.3 Å². The summed E-state index contributed by atoms with van der Waals surface area (Å²) < 4.78 is 0. The van der Waals surface area contributed by atoms with Crippen LogP contribution < -0.4 is 10.2 Å². The summed E-state index contributed by atoms with van der Waals surface area (Å²) >= 11 is 0. The summed E-state index contributed by atoms with van der Waals surface area (Å²) in [5.74, 6) is -1.59. The van der Waals surface area contributed by atoms with E-state index in [1.54, 1.807) is 12.1 Å². The van der Waals surface area contributed by atoms with E-state index in [0.29, 0.717) is 5.56 Å². The average Bonchev–Trinajstić information content (AvgIpc) is 2.60. The summed E-state index contributed by atoms with van der Waals surface area (Å²) in [7, 11) is 0. The molecule has 0 unspecified atom stereocenters. The van der Waals surface area contributed by atoms with Gasteiger partial charge in [0.1, 0.15) is 5.57 Å². The standard InChI is InChI=1S/C18H13N3O5/c1-11-4-2-3-5-12(11)10-15-16(22)19-18(24)20(17(15)23)13-6-8-14(9-7-13)21(25)26/h2-10H,1H3,(H,19,22,24). The van der Waals surface area contributed by atoms with Crippen LogP contribution in [-0.2, 0) is 9.59 Å². The Bertz CT molecular complexity index is 963. The first-order valence-electron chi connectivity index (χ1n) is 7.60. The number of imide groups is 2. The number of barbiturate groups is 1. The Balaban J connectivity index is 2.01. The molecule has 0 aromatic heterocycles. The van der Waals surface area contributed by atoms with Gasteiger partial charge in [-0.15, -0.1) is 0 Å². The predicted octanol–water partition coefficient (Wildman–Crippen LogP) is 2.57. The second kappa shape index (κ2) is 6.60. The van der Waals surface area contributed by atoms with Crippen molar-refractivity contribution in [3.8, 4) is 0 Å². The molecule has 0 radical (unpaired) electrons. The van der Waals surface area contributed by atoms with Crippen molar-refractivity contribution in [2.75, 3.05) is 4.90 Å². The monoisotopic (exact) mass is 351 g/mol. The van der Waals surface area contributed by atoms with E-state index < -0.39 is 22.8 Å². The first kappa shape index (κ1) is 17.0. The minimum absolute atomic E-state index is 0.126. The maximum atomic E-state index is 12.7. The molecule has 0 aliphatic carbocycles. The number of hydrogen-bond acceptors (Lipinski definition) is 5. The lowest BCUT2D eigenvalue weighted by atomic mass is 10.0. The number of amides is 4. The molecule has 4 amide bonds. The molecule has 0 bridgehead atoms. The van der Waals surface area contributed by atoms with Gasteiger partial charge in [0.25, 0.3) is 17.5 Å². The minimum Gasteiger partial charge on any atom is -0.273 e. The molecule has 1 aliphatic heterocycles. The van der Waals surface area contributed by atoms with E-state index in [0.717, 1.165) is 10.5 Å². The van der Waals surface area contributed by atoms with Crippen LogP contribution in [0.2, 0.25) is 0 Å². The third-order valence-corrected chi connectivity index (χ3v) is 3.91. The van der Waals surface area contributed by atoms with Crippen LogP contribution in [0.4, 0.5) is 16.2 Å². The van der Waals surface area contributed by atoms with Crippen LogP contribution >= 0.6 is 0 Å². The van der Waals surface area contributed by atoms with Crippen LogP contribution in [-0.4, -0.2) is 22.8 Å². The van der Waals surface area contributed by atoms with Crippen LogP contribution in [0.25, 0.3) is 6.08 Å². The fourth-order valence-corrected chi connectivity index (χ4v) is 2.52. The van der Waals surface area contributed by atoms with Crippen molar-refractivity contribution < 1.29 is 19.3 Å². The summed E-state index contributed by atoms with van der Waals surface area (Å²) in [6.07, 6.45) is 1.41. The van der Waals surface area contributed by atoms with Crippen molar-refractivity contribution in [1.82, 2.24) is 5.32 Å². The molecule has 1 fully saturated rings. The van der Waals surface area contributed by atoms with Gasteiger partial charge in [-0.1, -0.05) is 24.3 Å². The summed E-state index contributed by atoms with van der Waals surface area (Å²) in [5, 5.41) is 12.8. The van der Waals surface area contributed by atoms with E-state index in [1.165, 1.54) is 30.3 Å². The first-order chi connectivity index (χ1) is 12.4. The first-order valence-corrected chi connectivity index (χ1v) is 7.60. The minimum atomic E-state index is -0.907. The topological polar surface area (TPSA) is 110 Å². The molecule has 1 heterocycles. The van der Waals surface area contributed by atoms with Crippen molar-refractivity contribution in [1.29, 1.82) is 0 Å². The van der Waals surface area contributed by atoms with Crippen LogP contribution in [0.15, 0.2) is 54.1 Å². The summed E-state index contributed by atoms with van der Waals surface area (Å²) in [6, 6.07) is 11.2. The lowest BCUT2D eigenvalue weighted by Gasteiger charge is -2.26. The highest BCUT2D eigenvalue weighted by Crippen LogP contribution is 2.24. The number of anilines is 1. The zero-order chi connectivity index (χ0) is 18.8. The van der Waals surface area contributed by atoms with Gasteiger partial charge in [-0.05, 0) is 36.3 Å². The zero-order valence-corrected chi connectivity index (χ0v) is 13.6. The van der Waals surface area contributed by atoms with Crippen LogP contribution in [0.3, 0.4) is 0 Å². The summed E-state index contributed by atoms with van der Waals surface area (Å²) in [4.78, 5) is 47.9.